The summed E-state index contributed by atoms with van der Waals surface area (Å²) in [6.07, 6.45) is 4.85. The molecule has 1 unspecified atom stereocenters. The lowest BCUT2D eigenvalue weighted by Crippen LogP contribution is -2.48. The Morgan fingerprint density at radius 3 is 2.80 bits per heavy atom. The number of aliphatic carboxylic acids is 1. The van der Waals surface area contributed by atoms with Crippen molar-refractivity contribution in [3.05, 3.63) is 24.2 Å². The Labute approximate surface area is 117 Å². The van der Waals surface area contributed by atoms with Gasteiger partial charge in [-0.3, -0.25) is 0 Å². The smallest absolute Gasteiger partial charge is 0.326 e. The average Bonchev–Trinajstić information content (AvgIpc) is 2.95. The van der Waals surface area contributed by atoms with Crippen molar-refractivity contribution in [2.45, 2.75) is 44.3 Å². The predicted molar refractivity (Wildman–Crippen MR) is 70.0 cm³/mol. The summed E-state index contributed by atoms with van der Waals surface area (Å²) < 4.78 is 5.30. The largest absolute Gasteiger partial charge is 0.480 e. The molecule has 2 heterocycles. The summed E-state index contributed by atoms with van der Waals surface area (Å²) in [5, 5.41) is 9.19. The molecule has 0 bridgehead atoms. The molecule has 0 aromatic carbocycles. The fraction of sp³-hybridized carbons (Fsp3) is 0.571. The second kappa shape index (κ2) is 5.19. The molecular weight excluding hydrogens is 260 g/mol. The standard InChI is InChI=1S/C14H18N2O4/c17-13(18)12-4-1-7-15(12)14(19)16(10-5-6-10)9-11-3-2-8-20-11/h2-3,8,10,12H,1,4-7,9H2,(H,17,18). The van der Waals surface area contributed by atoms with E-state index in [1.165, 1.54) is 4.90 Å². The minimum absolute atomic E-state index is 0.172. The minimum Gasteiger partial charge on any atom is -0.480 e. The van der Waals surface area contributed by atoms with Gasteiger partial charge in [0.25, 0.3) is 0 Å². The molecule has 108 valence electrons. The van der Waals surface area contributed by atoms with Gasteiger partial charge >= 0.3 is 12.0 Å². The number of rotatable bonds is 4. The van der Waals surface area contributed by atoms with Crippen LogP contribution in [-0.2, 0) is 11.3 Å². The molecule has 1 aliphatic heterocycles. The Balaban J connectivity index is 1.73. The van der Waals surface area contributed by atoms with Gasteiger partial charge < -0.3 is 19.3 Å². The highest BCUT2D eigenvalue weighted by molar-refractivity contribution is 5.83. The molecule has 1 saturated carbocycles. The monoisotopic (exact) mass is 278 g/mol. The Hall–Kier alpha value is -1.98. The van der Waals surface area contributed by atoms with Gasteiger partial charge in [0.1, 0.15) is 11.8 Å². The number of hydrogen-bond donors (Lipinski definition) is 1. The van der Waals surface area contributed by atoms with E-state index in [0.29, 0.717) is 19.5 Å². The molecule has 1 aliphatic carbocycles. The van der Waals surface area contributed by atoms with Gasteiger partial charge in [0.05, 0.1) is 12.8 Å². The van der Waals surface area contributed by atoms with Crippen LogP contribution < -0.4 is 0 Å². The molecule has 6 nitrogen and oxygen atoms in total. The number of furan rings is 1. The molecule has 3 rings (SSSR count). The lowest BCUT2D eigenvalue weighted by molar-refractivity contribution is -0.141. The van der Waals surface area contributed by atoms with Crippen molar-refractivity contribution < 1.29 is 19.1 Å². The van der Waals surface area contributed by atoms with Gasteiger partial charge in [0.2, 0.25) is 0 Å². The minimum atomic E-state index is -0.912. The van der Waals surface area contributed by atoms with Crippen molar-refractivity contribution in [1.29, 1.82) is 0 Å². The SMILES string of the molecule is O=C(O)C1CCCN1C(=O)N(Cc1ccco1)C1CC1. The summed E-state index contributed by atoms with van der Waals surface area (Å²) >= 11 is 0. The van der Waals surface area contributed by atoms with Crippen molar-refractivity contribution in [3.63, 3.8) is 0 Å². The zero-order chi connectivity index (χ0) is 14.1. The van der Waals surface area contributed by atoms with Crippen LogP contribution in [0.25, 0.3) is 0 Å². The van der Waals surface area contributed by atoms with Gasteiger partial charge in [0, 0.05) is 12.6 Å². The first kappa shape index (κ1) is 13.0. The number of carbonyl (C=O) groups is 2. The van der Waals surface area contributed by atoms with E-state index < -0.39 is 12.0 Å². The van der Waals surface area contributed by atoms with Gasteiger partial charge in [-0.1, -0.05) is 0 Å². The van der Waals surface area contributed by atoms with Crippen molar-refractivity contribution in [2.75, 3.05) is 6.54 Å². The number of carbonyl (C=O) groups excluding carboxylic acids is 1. The summed E-state index contributed by atoms with van der Waals surface area (Å²) in [4.78, 5) is 27.1. The molecule has 1 atom stereocenters. The van der Waals surface area contributed by atoms with Crippen LogP contribution in [0.5, 0.6) is 0 Å². The van der Waals surface area contributed by atoms with Crippen molar-refractivity contribution in [2.24, 2.45) is 0 Å². The topological polar surface area (TPSA) is 74.0 Å². The van der Waals surface area contributed by atoms with E-state index in [-0.39, 0.29) is 12.1 Å². The molecule has 2 amide bonds. The van der Waals surface area contributed by atoms with Crippen LogP contribution in [0.4, 0.5) is 4.79 Å². The first-order valence-corrected chi connectivity index (χ1v) is 6.99. The maximum atomic E-state index is 12.6. The summed E-state index contributed by atoms with van der Waals surface area (Å²) in [7, 11) is 0. The molecule has 1 aromatic rings. The highest BCUT2D eigenvalue weighted by atomic mass is 16.4. The summed E-state index contributed by atoms with van der Waals surface area (Å²) in [6.45, 7) is 0.941. The number of hydrogen-bond acceptors (Lipinski definition) is 3. The Morgan fingerprint density at radius 2 is 2.20 bits per heavy atom. The molecule has 1 aromatic heterocycles. The normalized spacial score (nSPS) is 22.0. The molecule has 2 fully saturated rings. The third kappa shape index (κ3) is 2.50. The van der Waals surface area contributed by atoms with Crippen LogP contribution in [0.2, 0.25) is 0 Å². The van der Waals surface area contributed by atoms with Crippen LogP contribution in [0.15, 0.2) is 22.8 Å². The van der Waals surface area contributed by atoms with Gasteiger partial charge in [-0.05, 0) is 37.8 Å². The molecule has 6 heteroatoms. The van der Waals surface area contributed by atoms with Gasteiger partial charge in [0.15, 0.2) is 0 Å². The first-order chi connectivity index (χ1) is 9.66. The quantitative estimate of drug-likeness (QED) is 0.913. The Morgan fingerprint density at radius 1 is 1.40 bits per heavy atom. The lowest BCUT2D eigenvalue weighted by Gasteiger charge is -2.29. The number of carboxylic acid groups (broad SMARTS) is 1. The maximum absolute atomic E-state index is 12.6. The van der Waals surface area contributed by atoms with E-state index in [4.69, 9.17) is 4.42 Å². The third-order valence-corrected chi connectivity index (χ3v) is 3.92. The molecule has 1 saturated heterocycles. The van der Waals surface area contributed by atoms with E-state index in [1.807, 2.05) is 6.07 Å². The fourth-order valence-electron chi connectivity index (χ4n) is 2.73. The second-order valence-corrected chi connectivity index (χ2v) is 5.41. The van der Waals surface area contributed by atoms with Gasteiger partial charge in [-0.2, -0.15) is 0 Å². The number of nitrogens with zero attached hydrogens (tertiary/aromatic N) is 2. The van der Waals surface area contributed by atoms with Crippen LogP contribution in [-0.4, -0.2) is 45.5 Å². The molecule has 0 radical (unpaired) electrons. The van der Waals surface area contributed by atoms with E-state index in [0.717, 1.165) is 25.0 Å². The molecule has 1 N–H and O–H groups in total. The average molecular weight is 278 g/mol. The number of urea groups is 1. The lowest BCUT2D eigenvalue weighted by atomic mass is 10.2. The number of likely N-dealkylation sites (tertiary alicyclic amines) is 1. The van der Waals surface area contributed by atoms with Crippen LogP contribution in [0.1, 0.15) is 31.4 Å². The van der Waals surface area contributed by atoms with E-state index >= 15 is 0 Å². The third-order valence-electron chi connectivity index (χ3n) is 3.92. The summed E-state index contributed by atoms with van der Waals surface area (Å²) in [5.74, 6) is -0.180. The molecule has 2 aliphatic rings. The van der Waals surface area contributed by atoms with Gasteiger partial charge in [-0.15, -0.1) is 0 Å². The number of amides is 2. The number of carboxylic acids is 1. The van der Waals surface area contributed by atoms with Gasteiger partial charge in [-0.25, -0.2) is 9.59 Å². The molecular formula is C14H18N2O4. The predicted octanol–water partition coefficient (Wildman–Crippen LogP) is 1.91. The summed E-state index contributed by atoms with van der Waals surface area (Å²) in [5.41, 5.74) is 0. The second-order valence-electron chi connectivity index (χ2n) is 5.41. The fourth-order valence-corrected chi connectivity index (χ4v) is 2.73. The van der Waals surface area contributed by atoms with Crippen molar-refractivity contribution in [1.82, 2.24) is 9.80 Å². The van der Waals surface area contributed by atoms with E-state index in [1.54, 1.807) is 17.2 Å². The van der Waals surface area contributed by atoms with Crippen molar-refractivity contribution >= 4 is 12.0 Å². The van der Waals surface area contributed by atoms with Crippen LogP contribution in [0, 0.1) is 0 Å². The van der Waals surface area contributed by atoms with Crippen LogP contribution >= 0.6 is 0 Å². The van der Waals surface area contributed by atoms with E-state index in [9.17, 15) is 14.7 Å². The zero-order valence-corrected chi connectivity index (χ0v) is 11.2. The van der Waals surface area contributed by atoms with E-state index in [2.05, 4.69) is 0 Å². The first-order valence-electron chi connectivity index (χ1n) is 6.99. The Bertz CT molecular complexity index is 495. The maximum Gasteiger partial charge on any atom is 0.326 e. The van der Waals surface area contributed by atoms with Crippen molar-refractivity contribution in [3.8, 4) is 0 Å². The highest BCUT2D eigenvalue weighted by Gasteiger charge is 2.41. The van der Waals surface area contributed by atoms with Crippen LogP contribution in [0.3, 0.4) is 0 Å². The highest BCUT2D eigenvalue weighted by Crippen LogP contribution is 2.31. The molecule has 20 heavy (non-hydrogen) atoms. The zero-order valence-electron chi connectivity index (χ0n) is 11.2. The molecule has 0 spiro atoms. The summed E-state index contributed by atoms with van der Waals surface area (Å²) in [6, 6.07) is 3.00. The Kier molecular flexibility index (Phi) is 3.38.